The number of hydrogen-bond donors (Lipinski definition) is 3. The summed E-state index contributed by atoms with van der Waals surface area (Å²) in [7, 11) is 0. The van der Waals surface area contributed by atoms with Gasteiger partial charge in [0, 0.05) is 22.5 Å². The molecule has 0 saturated carbocycles. The first-order valence-corrected chi connectivity index (χ1v) is 11.2. The van der Waals surface area contributed by atoms with Crippen molar-refractivity contribution in [3.8, 4) is 11.1 Å². The van der Waals surface area contributed by atoms with E-state index < -0.39 is 0 Å². The highest BCUT2D eigenvalue weighted by atomic mass is 32.1. The minimum absolute atomic E-state index is 0.175. The fraction of sp³-hybridized carbons (Fsp3) is 0.0357. The van der Waals surface area contributed by atoms with Gasteiger partial charge in [-0.15, -0.1) is 0 Å². The van der Waals surface area contributed by atoms with Crippen LogP contribution in [0.4, 0.5) is 11.4 Å². The number of carbonyl (C=O) groups is 2. The van der Waals surface area contributed by atoms with Gasteiger partial charge in [0.2, 0.25) is 0 Å². The van der Waals surface area contributed by atoms with E-state index in [-0.39, 0.29) is 16.9 Å². The molecule has 5 nitrogen and oxygen atoms in total. The quantitative estimate of drug-likeness (QED) is 0.314. The van der Waals surface area contributed by atoms with Gasteiger partial charge in [-0.1, -0.05) is 60.7 Å². The predicted octanol–water partition coefficient (Wildman–Crippen LogP) is 6.04. The van der Waals surface area contributed by atoms with Crippen molar-refractivity contribution in [1.29, 1.82) is 0 Å². The number of aryl methyl sites for hydroxylation is 1. The first-order valence-electron chi connectivity index (χ1n) is 10.7. The summed E-state index contributed by atoms with van der Waals surface area (Å²) in [5, 5.41) is 8.82. The Bertz CT molecular complexity index is 1320. The van der Waals surface area contributed by atoms with Gasteiger partial charge in [-0.25, -0.2) is 0 Å². The lowest BCUT2D eigenvalue weighted by Gasteiger charge is -2.13. The molecule has 0 radical (unpaired) electrons. The van der Waals surface area contributed by atoms with Crippen molar-refractivity contribution in [3.05, 3.63) is 120 Å². The Kier molecular flexibility index (Phi) is 7.10. The van der Waals surface area contributed by atoms with Gasteiger partial charge in [0.15, 0.2) is 5.11 Å². The zero-order valence-corrected chi connectivity index (χ0v) is 19.4. The van der Waals surface area contributed by atoms with Crippen LogP contribution in [-0.2, 0) is 0 Å². The molecule has 168 valence electrons. The molecular weight excluding hydrogens is 442 g/mol. The van der Waals surface area contributed by atoms with Gasteiger partial charge >= 0.3 is 0 Å². The largest absolute Gasteiger partial charge is 0.332 e. The molecule has 0 atom stereocenters. The Labute approximate surface area is 203 Å². The van der Waals surface area contributed by atoms with Crippen molar-refractivity contribution in [2.24, 2.45) is 0 Å². The first kappa shape index (κ1) is 22.9. The van der Waals surface area contributed by atoms with Gasteiger partial charge < -0.3 is 10.6 Å². The molecule has 2 amide bonds. The molecule has 0 aliphatic heterocycles. The third kappa shape index (κ3) is 5.74. The van der Waals surface area contributed by atoms with Gasteiger partial charge in [0.05, 0.1) is 0 Å². The number of benzene rings is 4. The van der Waals surface area contributed by atoms with E-state index in [1.54, 1.807) is 36.4 Å². The summed E-state index contributed by atoms with van der Waals surface area (Å²) in [4.78, 5) is 25.0. The van der Waals surface area contributed by atoms with Crippen LogP contribution in [-0.4, -0.2) is 16.9 Å². The van der Waals surface area contributed by atoms with Gasteiger partial charge in [0.1, 0.15) is 0 Å². The number of rotatable bonds is 5. The predicted molar refractivity (Wildman–Crippen MR) is 141 cm³/mol. The van der Waals surface area contributed by atoms with E-state index in [2.05, 4.69) is 16.0 Å². The van der Waals surface area contributed by atoms with Crippen LogP contribution in [0.5, 0.6) is 0 Å². The van der Waals surface area contributed by atoms with Crippen molar-refractivity contribution in [2.45, 2.75) is 6.92 Å². The summed E-state index contributed by atoms with van der Waals surface area (Å²) in [6, 6.07) is 31.8. The summed E-state index contributed by atoms with van der Waals surface area (Å²) in [5.41, 5.74) is 5.50. The van der Waals surface area contributed by atoms with Crippen LogP contribution in [0.25, 0.3) is 11.1 Å². The third-order valence-electron chi connectivity index (χ3n) is 5.25. The minimum atomic E-state index is -0.291. The third-order valence-corrected chi connectivity index (χ3v) is 5.45. The molecule has 0 fully saturated rings. The number of carbonyl (C=O) groups excluding carboxylic acids is 2. The molecule has 0 saturated heterocycles. The highest BCUT2D eigenvalue weighted by molar-refractivity contribution is 7.80. The van der Waals surface area contributed by atoms with Crippen LogP contribution in [0.3, 0.4) is 0 Å². The second-order valence-electron chi connectivity index (χ2n) is 7.70. The van der Waals surface area contributed by atoms with E-state index in [1.807, 2.05) is 73.7 Å². The summed E-state index contributed by atoms with van der Waals surface area (Å²) in [6.07, 6.45) is 0. The van der Waals surface area contributed by atoms with Gasteiger partial charge in [-0.3, -0.25) is 14.9 Å². The number of anilines is 2. The van der Waals surface area contributed by atoms with Crippen LogP contribution < -0.4 is 16.0 Å². The second kappa shape index (κ2) is 10.6. The number of hydrogen-bond acceptors (Lipinski definition) is 3. The fourth-order valence-electron chi connectivity index (χ4n) is 3.45. The van der Waals surface area contributed by atoms with Crippen LogP contribution in [0.1, 0.15) is 26.3 Å². The van der Waals surface area contributed by atoms with E-state index >= 15 is 0 Å². The van der Waals surface area contributed by atoms with Gasteiger partial charge in [0.25, 0.3) is 11.8 Å². The first-order chi connectivity index (χ1) is 16.5. The molecule has 0 bridgehead atoms. The number of thiocarbonyl (C=S) groups is 1. The smallest absolute Gasteiger partial charge is 0.257 e. The molecule has 34 heavy (non-hydrogen) atoms. The average Bonchev–Trinajstić information content (AvgIpc) is 2.86. The van der Waals surface area contributed by atoms with Crippen molar-refractivity contribution in [2.75, 3.05) is 10.6 Å². The maximum atomic E-state index is 12.6. The Morgan fingerprint density at radius 2 is 1.24 bits per heavy atom. The van der Waals surface area contributed by atoms with E-state index in [1.165, 1.54) is 0 Å². The maximum absolute atomic E-state index is 12.6. The Morgan fingerprint density at radius 1 is 0.647 bits per heavy atom. The summed E-state index contributed by atoms with van der Waals surface area (Å²) in [5.74, 6) is -0.467. The van der Waals surface area contributed by atoms with Crippen LogP contribution in [0.2, 0.25) is 0 Å². The number of amides is 2. The highest BCUT2D eigenvalue weighted by Gasteiger charge is 2.11. The lowest BCUT2D eigenvalue weighted by Crippen LogP contribution is -2.34. The highest BCUT2D eigenvalue weighted by Crippen LogP contribution is 2.21. The topological polar surface area (TPSA) is 70.2 Å². The van der Waals surface area contributed by atoms with E-state index in [9.17, 15) is 9.59 Å². The van der Waals surface area contributed by atoms with Crippen molar-refractivity contribution < 1.29 is 9.59 Å². The Morgan fingerprint density at radius 3 is 1.88 bits per heavy atom. The van der Waals surface area contributed by atoms with Crippen molar-refractivity contribution >= 4 is 40.5 Å². The van der Waals surface area contributed by atoms with Crippen molar-refractivity contribution in [1.82, 2.24) is 5.32 Å². The Hall–Kier alpha value is -4.29. The van der Waals surface area contributed by atoms with Gasteiger partial charge in [-0.05, 0) is 78.3 Å². The van der Waals surface area contributed by atoms with Crippen LogP contribution in [0, 0.1) is 6.92 Å². The number of nitrogens with one attached hydrogen (secondary N) is 3. The van der Waals surface area contributed by atoms with Crippen molar-refractivity contribution in [3.63, 3.8) is 0 Å². The molecule has 0 heterocycles. The summed E-state index contributed by atoms with van der Waals surface area (Å²) in [6.45, 7) is 1.89. The molecule has 0 spiro atoms. The molecule has 4 rings (SSSR count). The molecule has 4 aromatic rings. The molecular formula is C28H23N3O2S. The van der Waals surface area contributed by atoms with Crippen LogP contribution >= 0.6 is 12.2 Å². The van der Waals surface area contributed by atoms with E-state index in [0.717, 1.165) is 16.7 Å². The van der Waals surface area contributed by atoms with Crippen LogP contribution in [0.15, 0.2) is 103 Å². The molecule has 3 N–H and O–H groups in total. The summed E-state index contributed by atoms with van der Waals surface area (Å²) >= 11 is 5.31. The molecule has 0 aliphatic rings. The minimum Gasteiger partial charge on any atom is -0.332 e. The second-order valence-corrected chi connectivity index (χ2v) is 8.11. The monoisotopic (exact) mass is 465 g/mol. The zero-order valence-electron chi connectivity index (χ0n) is 18.5. The van der Waals surface area contributed by atoms with E-state index in [4.69, 9.17) is 12.2 Å². The van der Waals surface area contributed by atoms with E-state index in [0.29, 0.717) is 22.5 Å². The lowest BCUT2D eigenvalue weighted by molar-refractivity contribution is 0.0976. The molecule has 0 aliphatic carbocycles. The standard InChI is InChI=1S/C28H23N3O2S/c1-19-18-24(16-17-25(19)30-26(32)22-10-6-3-7-11-22)29-28(34)31-27(33)23-14-12-21(13-15-23)20-8-4-2-5-9-20/h2-18H,1H3,(H,30,32)(H2,29,31,33,34). The van der Waals surface area contributed by atoms with Gasteiger partial charge in [-0.2, -0.15) is 0 Å². The SMILES string of the molecule is Cc1cc(NC(=S)NC(=O)c2ccc(-c3ccccc3)cc2)ccc1NC(=O)c1ccccc1. The fourth-order valence-corrected chi connectivity index (χ4v) is 3.66. The lowest BCUT2D eigenvalue weighted by atomic mass is 10.0. The Balaban J connectivity index is 1.35. The average molecular weight is 466 g/mol. The molecule has 0 aromatic heterocycles. The molecule has 6 heteroatoms. The normalized spacial score (nSPS) is 10.3. The zero-order chi connectivity index (χ0) is 23.9. The molecule has 0 unspecified atom stereocenters. The maximum Gasteiger partial charge on any atom is 0.257 e. The molecule has 4 aromatic carbocycles. The summed E-state index contributed by atoms with van der Waals surface area (Å²) < 4.78 is 0.